The summed E-state index contributed by atoms with van der Waals surface area (Å²) in [5, 5.41) is 0. The molecule has 0 radical (unpaired) electrons. The van der Waals surface area contributed by atoms with E-state index in [1.165, 1.54) is 0 Å². The number of hydrogen-bond acceptors (Lipinski definition) is 4. The second-order valence-corrected chi connectivity index (χ2v) is 3.05. The topological polar surface area (TPSA) is 48.1 Å². The number of epoxide rings is 1. The number of rotatable bonds is 6. The van der Waals surface area contributed by atoms with Crippen LogP contribution in [0, 0.1) is 0 Å². The molecule has 0 bridgehead atoms. The summed E-state index contributed by atoms with van der Waals surface area (Å²) in [6.45, 7) is 2.86. The Balaban J connectivity index is 1.97. The Kier molecular flexibility index (Phi) is 4.18. The van der Waals surface area contributed by atoms with Crippen LogP contribution < -0.4 is 0 Å². The van der Waals surface area contributed by atoms with Gasteiger partial charge in [-0.05, 0) is 6.42 Å². The maximum atomic E-state index is 11.0. The van der Waals surface area contributed by atoms with E-state index in [1.807, 2.05) is 0 Å². The van der Waals surface area contributed by atoms with Crippen molar-refractivity contribution >= 4 is 5.97 Å². The van der Waals surface area contributed by atoms with Crippen molar-refractivity contribution in [2.45, 2.75) is 32.0 Å². The molecule has 0 aromatic heterocycles. The minimum atomic E-state index is -0.216. The maximum Gasteiger partial charge on any atom is 0.308 e. The van der Waals surface area contributed by atoms with Gasteiger partial charge in [-0.3, -0.25) is 4.79 Å². The standard InChI is InChI=1S/C9H16O4/c1-3-7-8(13-7)6-12-9(10)4-5-11-2/h7-8H,3-6H2,1-2H3. The molecule has 76 valence electrons. The third kappa shape index (κ3) is 3.74. The Bertz CT molecular complexity index is 169. The maximum absolute atomic E-state index is 11.0. The number of carbonyl (C=O) groups is 1. The van der Waals surface area contributed by atoms with Gasteiger partial charge in [0.25, 0.3) is 0 Å². The SMILES string of the molecule is CCC1OC1COC(=O)CCOC. The summed E-state index contributed by atoms with van der Waals surface area (Å²) in [4.78, 5) is 11.0. The van der Waals surface area contributed by atoms with Crippen molar-refractivity contribution in [3.63, 3.8) is 0 Å². The predicted octanol–water partition coefficient (Wildman–Crippen LogP) is 0.744. The minimum absolute atomic E-state index is 0.136. The summed E-state index contributed by atoms with van der Waals surface area (Å²) in [6.07, 6.45) is 1.74. The van der Waals surface area contributed by atoms with Gasteiger partial charge in [0.2, 0.25) is 0 Å². The van der Waals surface area contributed by atoms with E-state index in [9.17, 15) is 4.79 Å². The van der Waals surface area contributed by atoms with E-state index < -0.39 is 0 Å². The highest BCUT2D eigenvalue weighted by Crippen LogP contribution is 2.24. The molecular formula is C9H16O4. The van der Waals surface area contributed by atoms with Crippen molar-refractivity contribution in [2.75, 3.05) is 20.3 Å². The fourth-order valence-corrected chi connectivity index (χ4v) is 1.12. The molecule has 1 rings (SSSR count). The summed E-state index contributed by atoms with van der Waals surface area (Å²) in [7, 11) is 1.56. The van der Waals surface area contributed by atoms with E-state index in [1.54, 1.807) is 7.11 Å². The molecule has 0 aromatic rings. The first-order valence-electron chi connectivity index (χ1n) is 4.58. The van der Waals surface area contributed by atoms with Gasteiger partial charge in [0.05, 0.1) is 19.1 Å². The van der Waals surface area contributed by atoms with E-state index in [2.05, 4.69) is 6.92 Å². The molecule has 0 aromatic carbocycles. The largest absolute Gasteiger partial charge is 0.463 e. The van der Waals surface area contributed by atoms with Crippen molar-refractivity contribution in [3.8, 4) is 0 Å². The fraction of sp³-hybridized carbons (Fsp3) is 0.889. The third-order valence-corrected chi connectivity index (χ3v) is 2.01. The van der Waals surface area contributed by atoms with Gasteiger partial charge in [-0.2, -0.15) is 0 Å². The average Bonchev–Trinajstić information content (AvgIpc) is 2.90. The lowest BCUT2D eigenvalue weighted by atomic mass is 10.3. The van der Waals surface area contributed by atoms with Crippen molar-refractivity contribution in [2.24, 2.45) is 0 Å². The number of hydrogen-bond donors (Lipinski definition) is 0. The van der Waals surface area contributed by atoms with Crippen LogP contribution in [-0.2, 0) is 19.0 Å². The molecule has 1 aliphatic heterocycles. The summed E-state index contributed by atoms with van der Waals surface area (Å²) >= 11 is 0. The molecule has 0 aliphatic carbocycles. The van der Waals surface area contributed by atoms with Crippen LogP contribution in [0.4, 0.5) is 0 Å². The summed E-state index contributed by atoms with van der Waals surface area (Å²) in [5.74, 6) is -0.216. The molecule has 2 atom stereocenters. The lowest BCUT2D eigenvalue weighted by Crippen LogP contribution is -2.12. The highest BCUT2D eigenvalue weighted by Gasteiger charge is 2.37. The lowest BCUT2D eigenvalue weighted by molar-refractivity contribution is -0.145. The molecule has 4 nitrogen and oxygen atoms in total. The van der Waals surface area contributed by atoms with Gasteiger partial charge in [0, 0.05) is 7.11 Å². The van der Waals surface area contributed by atoms with E-state index in [0.29, 0.717) is 25.7 Å². The van der Waals surface area contributed by atoms with Crippen molar-refractivity contribution < 1.29 is 19.0 Å². The molecular weight excluding hydrogens is 172 g/mol. The molecule has 0 saturated carbocycles. The van der Waals surface area contributed by atoms with Gasteiger partial charge in [-0.1, -0.05) is 6.92 Å². The van der Waals surface area contributed by atoms with Crippen LogP contribution in [0.15, 0.2) is 0 Å². The van der Waals surface area contributed by atoms with Gasteiger partial charge in [-0.15, -0.1) is 0 Å². The second kappa shape index (κ2) is 5.19. The molecule has 13 heavy (non-hydrogen) atoms. The van der Waals surface area contributed by atoms with Crippen molar-refractivity contribution in [3.05, 3.63) is 0 Å². The van der Waals surface area contributed by atoms with Crippen LogP contribution in [-0.4, -0.2) is 38.5 Å². The molecule has 1 aliphatic rings. The molecule has 2 unspecified atom stereocenters. The van der Waals surface area contributed by atoms with Crippen molar-refractivity contribution in [1.29, 1.82) is 0 Å². The minimum Gasteiger partial charge on any atom is -0.463 e. The van der Waals surface area contributed by atoms with Crippen LogP contribution in [0.5, 0.6) is 0 Å². The molecule has 0 amide bonds. The number of carbonyl (C=O) groups excluding carboxylic acids is 1. The zero-order valence-corrected chi connectivity index (χ0v) is 8.12. The highest BCUT2D eigenvalue weighted by atomic mass is 16.6. The van der Waals surface area contributed by atoms with E-state index in [-0.39, 0.29) is 12.1 Å². The number of methoxy groups -OCH3 is 1. The van der Waals surface area contributed by atoms with Gasteiger partial charge in [0.15, 0.2) is 0 Å². The molecule has 0 spiro atoms. The van der Waals surface area contributed by atoms with Crippen LogP contribution in [0.1, 0.15) is 19.8 Å². The van der Waals surface area contributed by atoms with Gasteiger partial charge >= 0.3 is 5.97 Å². The lowest BCUT2D eigenvalue weighted by Gasteiger charge is -2.01. The van der Waals surface area contributed by atoms with Crippen LogP contribution in [0.25, 0.3) is 0 Å². The molecule has 1 fully saturated rings. The van der Waals surface area contributed by atoms with Gasteiger partial charge < -0.3 is 14.2 Å². The highest BCUT2D eigenvalue weighted by molar-refractivity contribution is 5.69. The smallest absolute Gasteiger partial charge is 0.308 e. The molecule has 1 saturated heterocycles. The molecule has 1 heterocycles. The number of esters is 1. The summed E-state index contributed by atoms with van der Waals surface area (Å²) in [5.41, 5.74) is 0. The Morgan fingerprint density at radius 1 is 1.46 bits per heavy atom. The van der Waals surface area contributed by atoms with Gasteiger partial charge in [-0.25, -0.2) is 0 Å². The summed E-state index contributed by atoms with van der Waals surface area (Å²) in [6, 6.07) is 0. The Morgan fingerprint density at radius 3 is 2.77 bits per heavy atom. The quantitative estimate of drug-likeness (QED) is 0.455. The van der Waals surface area contributed by atoms with Crippen molar-refractivity contribution in [1.82, 2.24) is 0 Å². The first-order chi connectivity index (χ1) is 6.27. The fourth-order valence-electron chi connectivity index (χ4n) is 1.12. The zero-order valence-electron chi connectivity index (χ0n) is 8.12. The van der Waals surface area contributed by atoms with Crippen LogP contribution in [0.3, 0.4) is 0 Å². The van der Waals surface area contributed by atoms with E-state index in [0.717, 1.165) is 6.42 Å². The Morgan fingerprint density at radius 2 is 2.23 bits per heavy atom. The van der Waals surface area contributed by atoms with Crippen LogP contribution >= 0.6 is 0 Å². The first-order valence-corrected chi connectivity index (χ1v) is 4.58. The van der Waals surface area contributed by atoms with Gasteiger partial charge in [0.1, 0.15) is 12.7 Å². The monoisotopic (exact) mass is 188 g/mol. The Labute approximate surface area is 78.2 Å². The number of ether oxygens (including phenoxy) is 3. The normalized spacial score (nSPS) is 25.7. The predicted molar refractivity (Wildman–Crippen MR) is 46.4 cm³/mol. The third-order valence-electron chi connectivity index (χ3n) is 2.01. The first kappa shape index (κ1) is 10.5. The van der Waals surface area contributed by atoms with Crippen LogP contribution in [0.2, 0.25) is 0 Å². The second-order valence-electron chi connectivity index (χ2n) is 3.05. The average molecular weight is 188 g/mol. The zero-order chi connectivity index (χ0) is 9.68. The molecule has 0 N–H and O–H groups in total. The summed E-state index contributed by atoms with van der Waals surface area (Å²) < 4.78 is 14.9. The van der Waals surface area contributed by atoms with E-state index in [4.69, 9.17) is 14.2 Å². The molecule has 4 heteroatoms. The van der Waals surface area contributed by atoms with E-state index >= 15 is 0 Å². The Hall–Kier alpha value is -0.610.